The van der Waals surface area contributed by atoms with Gasteiger partial charge in [-0.1, -0.05) is 53.0 Å². The molecule has 10 heteroatoms. The SMILES string of the molecule is CN(C)CC(O)CC1Cc2ccc(NC(=O)c3c(Cl)cccc3Cl)cc2C(S(=O)(=O)c2cccc(Cl)c2)C1. The van der Waals surface area contributed by atoms with Gasteiger partial charge in [-0.05, 0) is 92.9 Å². The van der Waals surface area contributed by atoms with E-state index in [-0.39, 0.29) is 26.4 Å². The molecule has 3 atom stereocenters. The molecular weight excluding hydrogens is 567 g/mol. The van der Waals surface area contributed by atoms with Crippen molar-refractivity contribution < 1.29 is 18.3 Å². The monoisotopic (exact) mass is 594 g/mol. The van der Waals surface area contributed by atoms with Crippen LogP contribution in [0.1, 0.15) is 39.6 Å². The van der Waals surface area contributed by atoms with Gasteiger partial charge in [0.25, 0.3) is 5.91 Å². The number of rotatable bonds is 8. The standard InChI is InChI=1S/C28H29Cl3N2O4S/c1-33(2)16-21(34)12-17-11-18-9-10-20(32-28(35)27-24(30)7-4-8-25(27)31)15-23(18)26(13-17)38(36,37)22-6-3-5-19(29)14-22/h3-10,14-15,17,21,26,34H,11-13,16H2,1-2H3,(H,32,35). The van der Waals surface area contributed by atoms with Crippen molar-refractivity contribution in [2.75, 3.05) is 26.0 Å². The number of anilines is 1. The molecule has 2 N–H and O–H groups in total. The zero-order valence-corrected chi connectivity index (χ0v) is 24.1. The second-order valence-electron chi connectivity index (χ2n) is 9.91. The lowest BCUT2D eigenvalue weighted by molar-refractivity contribution is 0.102. The molecule has 3 aromatic rings. The van der Waals surface area contributed by atoms with Gasteiger partial charge in [0.2, 0.25) is 0 Å². The third-order valence-electron chi connectivity index (χ3n) is 6.68. The number of hydrogen-bond acceptors (Lipinski definition) is 5. The number of sulfone groups is 1. The normalized spacial score (nSPS) is 18.2. The van der Waals surface area contributed by atoms with Crippen molar-refractivity contribution in [2.24, 2.45) is 5.92 Å². The van der Waals surface area contributed by atoms with Gasteiger partial charge in [0.1, 0.15) is 0 Å². The molecule has 4 rings (SSSR count). The van der Waals surface area contributed by atoms with Crippen molar-refractivity contribution >= 4 is 56.2 Å². The van der Waals surface area contributed by atoms with Crippen molar-refractivity contribution in [3.05, 3.63) is 92.4 Å². The fourth-order valence-corrected chi connectivity index (χ4v) is 7.84. The van der Waals surface area contributed by atoms with Crippen molar-refractivity contribution in [2.45, 2.75) is 35.5 Å². The van der Waals surface area contributed by atoms with Gasteiger partial charge in [-0.15, -0.1) is 0 Å². The molecule has 3 aromatic carbocycles. The van der Waals surface area contributed by atoms with Crippen LogP contribution in [-0.2, 0) is 16.3 Å². The van der Waals surface area contributed by atoms with Gasteiger partial charge >= 0.3 is 0 Å². The van der Waals surface area contributed by atoms with Gasteiger partial charge in [0.15, 0.2) is 9.84 Å². The van der Waals surface area contributed by atoms with Crippen LogP contribution < -0.4 is 5.32 Å². The van der Waals surface area contributed by atoms with Gasteiger partial charge in [0, 0.05) is 17.3 Å². The number of hydrogen-bond donors (Lipinski definition) is 2. The largest absolute Gasteiger partial charge is 0.392 e. The van der Waals surface area contributed by atoms with Crippen LogP contribution in [-0.4, -0.2) is 51.1 Å². The summed E-state index contributed by atoms with van der Waals surface area (Å²) in [5.74, 6) is -0.533. The molecule has 0 saturated carbocycles. The van der Waals surface area contributed by atoms with Gasteiger partial charge in [-0.3, -0.25) is 4.79 Å². The Morgan fingerprint density at radius 2 is 1.74 bits per heavy atom. The first-order valence-electron chi connectivity index (χ1n) is 12.2. The van der Waals surface area contributed by atoms with Crippen LogP contribution in [0.2, 0.25) is 15.1 Å². The predicted molar refractivity (Wildman–Crippen MR) is 153 cm³/mol. The number of benzene rings is 3. The Kier molecular flexibility index (Phi) is 9.07. The van der Waals surface area contributed by atoms with E-state index in [1.807, 2.05) is 25.1 Å². The second kappa shape index (κ2) is 11.9. The zero-order chi connectivity index (χ0) is 27.6. The number of aliphatic hydroxyl groups excluding tert-OH is 1. The average Bonchev–Trinajstić information content (AvgIpc) is 2.83. The van der Waals surface area contributed by atoms with Crippen LogP contribution in [0, 0.1) is 5.92 Å². The summed E-state index contributed by atoms with van der Waals surface area (Å²) in [6.45, 7) is 0.491. The Hall–Kier alpha value is -2.13. The fourth-order valence-electron chi connectivity index (χ4n) is 5.05. The lowest BCUT2D eigenvalue weighted by atomic mass is 9.80. The summed E-state index contributed by atoms with van der Waals surface area (Å²) >= 11 is 18.5. The Morgan fingerprint density at radius 3 is 2.39 bits per heavy atom. The van der Waals surface area contributed by atoms with Gasteiger partial charge in [-0.2, -0.15) is 0 Å². The Balaban J connectivity index is 1.71. The lowest BCUT2D eigenvalue weighted by Gasteiger charge is -2.33. The maximum Gasteiger partial charge on any atom is 0.258 e. The maximum atomic E-state index is 13.9. The molecular formula is C28H29Cl3N2O4S. The molecule has 0 spiro atoms. The number of aliphatic hydroxyl groups is 1. The number of fused-ring (bicyclic) bond motifs is 1. The van der Waals surface area contributed by atoms with Gasteiger partial charge in [-0.25, -0.2) is 8.42 Å². The third-order valence-corrected chi connectivity index (χ3v) is 9.65. The highest BCUT2D eigenvalue weighted by atomic mass is 35.5. The first-order chi connectivity index (χ1) is 18.0. The molecule has 0 heterocycles. The molecule has 1 aliphatic carbocycles. The highest BCUT2D eigenvalue weighted by Gasteiger charge is 2.37. The lowest BCUT2D eigenvalue weighted by Crippen LogP contribution is -2.31. The molecule has 0 fully saturated rings. The highest BCUT2D eigenvalue weighted by molar-refractivity contribution is 7.91. The van der Waals surface area contributed by atoms with Crippen LogP contribution in [0.4, 0.5) is 5.69 Å². The molecule has 0 aliphatic heterocycles. The van der Waals surface area contributed by atoms with Crippen molar-refractivity contribution in [3.8, 4) is 0 Å². The van der Waals surface area contributed by atoms with E-state index in [1.165, 1.54) is 12.1 Å². The topological polar surface area (TPSA) is 86.7 Å². The summed E-state index contributed by atoms with van der Waals surface area (Å²) in [5.41, 5.74) is 2.06. The highest BCUT2D eigenvalue weighted by Crippen LogP contribution is 2.44. The van der Waals surface area contributed by atoms with Crippen LogP contribution in [0.15, 0.2) is 65.6 Å². The first kappa shape index (κ1) is 28.9. The van der Waals surface area contributed by atoms with Crippen LogP contribution in [0.5, 0.6) is 0 Å². The minimum Gasteiger partial charge on any atom is -0.392 e. The summed E-state index contributed by atoms with van der Waals surface area (Å²) in [6, 6.07) is 16.3. The quantitative estimate of drug-likeness (QED) is 0.320. The van der Waals surface area contributed by atoms with Crippen LogP contribution in [0.3, 0.4) is 0 Å². The van der Waals surface area contributed by atoms with E-state index in [4.69, 9.17) is 34.8 Å². The number of nitrogens with one attached hydrogen (secondary N) is 1. The number of carbonyl (C=O) groups is 1. The minimum atomic E-state index is -3.83. The minimum absolute atomic E-state index is 0.0428. The first-order valence-corrected chi connectivity index (χ1v) is 14.8. The van der Waals surface area contributed by atoms with E-state index in [0.29, 0.717) is 42.1 Å². The summed E-state index contributed by atoms with van der Waals surface area (Å²) in [6.07, 6.45) is 0.847. The Morgan fingerprint density at radius 1 is 1.05 bits per heavy atom. The predicted octanol–water partition coefficient (Wildman–Crippen LogP) is 6.29. The smallest absolute Gasteiger partial charge is 0.258 e. The molecule has 0 aromatic heterocycles. The van der Waals surface area contributed by atoms with Crippen LogP contribution >= 0.6 is 34.8 Å². The molecule has 0 radical (unpaired) electrons. The number of halogens is 3. The molecule has 0 saturated heterocycles. The van der Waals surface area contributed by atoms with Gasteiger partial charge < -0.3 is 15.3 Å². The summed E-state index contributed by atoms with van der Waals surface area (Å²) in [4.78, 5) is 15.0. The number of amides is 1. The summed E-state index contributed by atoms with van der Waals surface area (Å²) in [5, 5.41) is 13.3. The van der Waals surface area contributed by atoms with Gasteiger partial charge in [0.05, 0.1) is 31.9 Å². The van der Waals surface area contributed by atoms with E-state index in [1.54, 1.807) is 42.5 Å². The number of nitrogens with zero attached hydrogens (tertiary/aromatic N) is 1. The molecule has 1 amide bonds. The van der Waals surface area contributed by atoms with E-state index in [2.05, 4.69) is 5.32 Å². The maximum absolute atomic E-state index is 13.9. The average molecular weight is 596 g/mol. The van der Waals surface area contributed by atoms with Crippen molar-refractivity contribution in [1.82, 2.24) is 4.90 Å². The molecule has 38 heavy (non-hydrogen) atoms. The molecule has 3 unspecified atom stereocenters. The molecule has 1 aliphatic rings. The fraction of sp³-hybridized carbons (Fsp3) is 0.321. The van der Waals surface area contributed by atoms with Crippen molar-refractivity contribution in [1.29, 1.82) is 0 Å². The molecule has 202 valence electrons. The van der Waals surface area contributed by atoms with E-state index < -0.39 is 27.1 Å². The Labute approximate surface area is 238 Å². The number of carbonyl (C=O) groups excluding carboxylic acids is 1. The van der Waals surface area contributed by atoms with E-state index >= 15 is 0 Å². The summed E-state index contributed by atoms with van der Waals surface area (Å²) < 4.78 is 27.8. The molecule has 0 bridgehead atoms. The summed E-state index contributed by atoms with van der Waals surface area (Å²) in [7, 11) is -0.0593. The van der Waals surface area contributed by atoms with E-state index in [0.717, 1.165) is 5.56 Å². The van der Waals surface area contributed by atoms with Crippen molar-refractivity contribution in [3.63, 3.8) is 0 Å². The van der Waals surface area contributed by atoms with E-state index in [9.17, 15) is 18.3 Å². The second-order valence-corrected chi connectivity index (χ2v) is 13.3. The van der Waals surface area contributed by atoms with Crippen LogP contribution in [0.25, 0.3) is 0 Å². The third kappa shape index (κ3) is 6.53. The Bertz CT molecular complexity index is 1430. The molecule has 6 nitrogen and oxygen atoms in total. The zero-order valence-electron chi connectivity index (χ0n) is 21.0. The number of likely N-dealkylation sites (N-methyl/N-ethyl adjacent to an activating group) is 1.